The van der Waals surface area contributed by atoms with Crippen molar-refractivity contribution in [1.29, 1.82) is 0 Å². The molecule has 2 aromatic rings. The number of carbonyl (C=O) groups is 1. The summed E-state index contributed by atoms with van der Waals surface area (Å²) in [5, 5.41) is 3.19. The number of ether oxygens (including phenoxy) is 1. The number of halogens is 3. The number of dihydropyridines is 1. The van der Waals surface area contributed by atoms with Crippen LogP contribution in [0.1, 0.15) is 15.9 Å². The summed E-state index contributed by atoms with van der Waals surface area (Å²) in [4.78, 5) is 14.7. The molecule has 0 bridgehead atoms. The first kappa shape index (κ1) is 19.1. The van der Waals surface area contributed by atoms with Crippen LogP contribution in [-0.4, -0.2) is 36.5 Å². The molecule has 29 heavy (non-hydrogen) atoms. The highest BCUT2D eigenvalue weighted by atomic mass is 19.4. The number of nitrogens with zero attached hydrogens (tertiary/aromatic N) is 1. The van der Waals surface area contributed by atoms with Crippen molar-refractivity contribution in [3.8, 4) is 16.9 Å². The van der Waals surface area contributed by atoms with Gasteiger partial charge in [0.1, 0.15) is 12.4 Å². The van der Waals surface area contributed by atoms with Crippen LogP contribution >= 0.6 is 0 Å². The van der Waals surface area contributed by atoms with Crippen molar-refractivity contribution in [2.75, 3.05) is 19.7 Å². The normalized spacial score (nSPS) is 18.7. The van der Waals surface area contributed by atoms with E-state index in [0.29, 0.717) is 42.1 Å². The summed E-state index contributed by atoms with van der Waals surface area (Å²) in [6.45, 7) is 1.25. The number of benzene rings is 2. The Morgan fingerprint density at radius 1 is 1.10 bits per heavy atom. The Hall–Kier alpha value is -3.22. The van der Waals surface area contributed by atoms with E-state index >= 15 is 0 Å². The number of carbonyl (C=O) groups excluding carboxylic acids is 1. The van der Waals surface area contributed by atoms with Crippen molar-refractivity contribution in [1.82, 2.24) is 10.2 Å². The standard InChI is InChI=1S/C22H19F3N2O2/c23-22(24,25)17-5-3-4-15(12-17)16-7-8-19-20(13-16)29-11-10-27(21(19)28)14-18-6-1-2-9-26-18/h1-9,12-13,18,26H,10-11,14H2. The molecule has 0 aromatic heterocycles. The molecule has 0 spiro atoms. The molecule has 2 aliphatic heterocycles. The summed E-state index contributed by atoms with van der Waals surface area (Å²) in [7, 11) is 0. The minimum absolute atomic E-state index is 0.0230. The lowest BCUT2D eigenvalue weighted by atomic mass is 10.0. The first-order valence-corrected chi connectivity index (χ1v) is 9.25. The molecule has 2 aliphatic rings. The van der Waals surface area contributed by atoms with Crippen LogP contribution in [0.2, 0.25) is 0 Å². The van der Waals surface area contributed by atoms with Crippen LogP contribution in [0.5, 0.6) is 5.75 Å². The van der Waals surface area contributed by atoms with Crippen LogP contribution in [0.15, 0.2) is 66.9 Å². The second-order valence-corrected chi connectivity index (χ2v) is 6.91. The van der Waals surface area contributed by atoms with Gasteiger partial charge in [-0.3, -0.25) is 4.79 Å². The molecular formula is C22H19F3N2O2. The maximum atomic E-state index is 13.0. The quantitative estimate of drug-likeness (QED) is 0.838. The molecule has 1 amide bonds. The molecule has 0 radical (unpaired) electrons. The van der Waals surface area contributed by atoms with Gasteiger partial charge >= 0.3 is 6.18 Å². The predicted molar refractivity (Wildman–Crippen MR) is 103 cm³/mol. The van der Waals surface area contributed by atoms with Gasteiger partial charge in [-0.05, 0) is 47.7 Å². The van der Waals surface area contributed by atoms with Crippen LogP contribution < -0.4 is 10.1 Å². The van der Waals surface area contributed by atoms with Gasteiger partial charge in [-0.1, -0.05) is 30.4 Å². The van der Waals surface area contributed by atoms with Crippen LogP contribution in [0.3, 0.4) is 0 Å². The zero-order chi connectivity index (χ0) is 20.4. The number of alkyl halides is 3. The summed E-state index contributed by atoms with van der Waals surface area (Å²) >= 11 is 0. The smallest absolute Gasteiger partial charge is 0.416 e. The van der Waals surface area contributed by atoms with Crippen molar-refractivity contribution in [2.45, 2.75) is 12.2 Å². The first-order valence-electron chi connectivity index (χ1n) is 9.25. The van der Waals surface area contributed by atoms with Crippen molar-refractivity contribution in [3.05, 3.63) is 78.0 Å². The number of fused-ring (bicyclic) bond motifs is 1. The van der Waals surface area contributed by atoms with Gasteiger partial charge in [-0.15, -0.1) is 0 Å². The number of hydrogen-bond donors (Lipinski definition) is 1. The summed E-state index contributed by atoms with van der Waals surface area (Å²) in [5.41, 5.74) is 0.685. The molecule has 2 heterocycles. The van der Waals surface area contributed by atoms with Gasteiger partial charge in [0.15, 0.2) is 0 Å². The zero-order valence-electron chi connectivity index (χ0n) is 15.4. The Morgan fingerprint density at radius 3 is 2.69 bits per heavy atom. The van der Waals surface area contributed by atoms with Gasteiger partial charge < -0.3 is 15.0 Å². The minimum atomic E-state index is -4.41. The van der Waals surface area contributed by atoms with E-state index in [1.807, 2.05) is 24.4 Å². The van der Waals surface area contributed by atoms with E-state index in [4.69, 9.17) is 4.74 Å². The second-order valence-electron chi connectivity index (χ2n) is 6.91. The van der Waals surface area contributed by atoms with E-state index in [-0.39, 0.29) is 11.9 Å². The maximum absolute atomic E-state index is 13.0. The predicted octanol–water partition coefficient (Wildman–Crippen LogP) is 4.25. The van der Waals surface area contributed by atoms with Gasteiger partial charge in [0.2, 0.25) is 0 Å². The fourth-order valence-electron chi connectivity index (χ4n) is 3.42. The Labute approximate surface area is 166 Å². The summed E-state index contributed by atoms with van der Waals surface area (Å²) < 4.78 is 44.8. The van der Waals surface area contributed by atoms with Crippen molar-refractivity contribution in [2.24, 2.45) is 0 Å². The summed E-state index contributed by atoms with van der Waals surface area (Å²) in [6, 6.07) is 10.0. The minimum Gasteiger partial charge on any atom is -0.491 e. The fourth-order valence-corrected chi connectivity index (χ4v) is 3.42. The fraction of sp³-hybridized carbons (Fsp3) is 0.227. The highest BCUT2D eigenvalue weighted by molar-refractivity contribution is 5.98. The van der Waals surface area contributed by atoms with Crippen LogP contribution in [0.4, 0.5) is 13.2 Å². The topological polar surface area (TPSA) is 41.6 Å². The number of rotatable bonds is 3. The third-order valence-electron chi connectivity index (χ3n) is 4.92. The molecular weight excluding hydrogens is 381 g/mol. The number of nitrogens with one attached hydrogen (secondary N) is 1. The maximum Gasteiger partial charge on any atom is 0.416 e. The Bertz CT molecular complexity index is 982. The van der Waals surface area contributed by atoms with Crippen molar-refractivity contribution in [3.63, 3.8) is 0 Å². The molecule has 0 aliphatic carbocycles. The molecule has 1 N–H and O–H groups in total. The molecule has 0 saturated heterocycles. The Balaban J connectivity index is 1.59. The van der Waals surface area contributed by atoms with Gasteiger partial charge in [0.05, 0.1) is 23.7 Å². The summed E-state index contributed by atoms with van der Waals surface area (Å²) in [5.74, 6) is 0.234. The Morgan fingerprint density at radius 2 is 1.93 bits per heavy atom. The highest BCUT2D eigenvalue weighted by Gasteiger charge is 2.31. The number of hydrogen-bond acceptors (Lipinski definition) is 3. The third kappa shape index (κ3) is 4.13. The molecule has 150 valence electrons. The highest BCUT2D eigenvalue weighted by Crippen LogP contribution is 2.34. The molecule has 0 saturated carbocycles. The van der Waals surface area contributed by atoms with E-state index in [9.17, 15) is 18.0 Å². The molecule has 4 rings (SSSR count). The van der Waals surface area contributed by atoms with Gasteiger partial charge in [-0.25, -0.2) is 0 Å². The van der Waals surface area contributed by atoms with Crippen LogP contribution in [0.25, 0.3) is 11.1 Å². The van der Waals surface area contributed by atoms with Gasteiger partial charge in [0.25, 0.3) is 5.91 Å². The van der Waals surface area contributed by atoms with Crippen molar-refractivity contribution >= 4 is 5.91 Å². The molecule has 1 unspecified atom stereocenters. The lowest BCUT2D eigenvalue weighted by Crippen LogP contribution is -2.42. The van der Waals surface area contributed by atoms with Gasteiger partial charge in [0, 0.05) is 6.54 Å². The number of allylic oxidation sites excluding steroid dienone is 2. The average Bonchev–Trinajstić information content (AvgIpc) is 2.87. The lowest BCUT2D eigenvalue weighted by molar-refractivity contribution is -0.137. The molecule has 2 aromatic carbocycles. The largest absolute Gasteiger partial charge is 0.491 e. The van der Waals surface area contributed by atoms with Crippen LogP contribution in [0, 0.1) is 0 Å². The van der Waals surface area contributed by atoms with Crippen molar-refractivity contribution < 1.29 is 22.7 Å². The summed E-state index contributed by atoms with van der Waals surface area (Å²) in [6.07, 6.45) is 3.21. The SMILES string of the molecule is O=C1c2ccc(-c3cccc(C(F)(F)F)c3)cc2OCCN1CC1C=CC=CN1. The van der Waals surface area contributed by atoms with E-state index in [0.717, 1.165) is 12.1 Å². The molecule has 4 nitrogen and oxygen atoms in total. The molecule has 0 fully saturated rings. The van der Waals surface area contributed by atoms with Crippen LogP contribution in [-0.2, 0) is 6.18 Å². The van der Waals surface area contributed by atoms with E-state index in [1.165, 1.54) is 6.07 Å². The third-order valence-corrected chi connectivity index (χ3v) is 4.92. The Kier molecular flexibility index (Phi) is 5.05. The lowest BCUT2D eigenvalue weighted by Gasteiger charge is -2.25. The molecule has 1 atom stereocenters. The zero-order valence-corrected chi connectivity index (χ0v) is 15.4. The number of amides is 1. The molecule has 7 heteroatoms. The average molecular weight is 400 g/mol. The monoisotopic (exact) mass is 400 g/mol. The van der Waals surface area contributed by atoms with E-state index in [1.54, 1.807) is 29.2 Å². The van der Waals surface area contributed by atoms with E-state index < -0.39 is 11.7 Å². The second kappa shape index (κ2) is 7.66. The van der Waals surface area contributed by atoms with Gasteiger partial charge in [-0.2, -0.15) is 13.2 Å². The van der Waals surface area contributed by atoms with E-state index in [2.05, 4.69) is 5.32 Å². The first-order chi connectivity index (χ1) is 13.9.